The Morgan fingerprint density at radius 2 is 1.24 bits per heavy atom. The molecule has 0 aromatic carbocycles. The maximum Gasteiger partial charge on any atom is 0.214 e. The first kappa shape index (κ1) is 72.1. The van der Waals surface area contributed by atoms with Crippen LogP contribution in [0.15, 0.2) is 0 Å². The molecular weight excluding hydrogens is 936 g/mol. The second-order valence-electron chi connectivity index (χ2n) is 20.7. The van der Waals surface area contributed by atoms with Crippen molar-refractivity contribution in [2.24, 2.45) is 0 Å². The molecule has 5 rings (SSSR count). The number of ether oxygens (including phenoxy) is 1. The molecule has 0 bridgehead atoms. The van der Waals surface area contributed by atoms with Gasteiger partial charge in [-0.2, -0.15) is 20.1 Å². The van der Waals surface area contributed by atoms with E-state index in [1.54, 1.807) is 25.2 Å². The molecule has 0 aromatic heterocycles. The maximum absolute atomic E-state index is 12.5. The summed E-state index contributed by atoms with van der Waals surface area (Å²) < 4.78 is 64.1. The van der Waals surface area contributed by atoms with Gasteiger partial charge in [-0.05, 0) is 136 Å². The molecule has 1 aliphatic carbocycles. The van der Waals surface area contributed by atoms with Crippen molar-refractivity contribution in [3.8, 4) is 18.2 Å². The van der Waals surface area contributed by atoms with Crippen LogP contribution in [0.2, 0.25) is 0 Å². The van der Waals surface area contributed by atoms with Crippen molar-refractivity contribution < 1.29 is 36.2 Å². The highest BCUT2D eigenvalue weighted by atomic mass is 32.2. The molecule has 70 heavy (non-hydrogen) atoms. The van der Waals surface area contributed by atoms with Crippen LogP contribution in [0.1, 0.15) is 149 Å². The van der Waals surface area contributed by atoms with Crippen LogP contribution in [0, 0.1) is 34.0 Å². The molecule has 4 heterocycles. The second-order valence-corrected chi connectivity index (χ2v) is 24.8. The van der Waals surface area contributed by atoms with Gasteiger partial charge in [0.15, 0.2) is 0 Å². The molecule has 414 valence electrons. The third-order valence-corrected chi connectivity index (χ3v) is 14.9. The van der Waals surface area contributed by atoms with Crippen molar-refractivity contribution >= 4 is 20.0 Å². The number of halogens is 1. The van der Waals surface area contributed by atoms with Gasteiger partial charge in [0.1, 0.15) is 11.7 Å². The smallest absolute Gasteiger partial charge is 0.214 e. The molecule has 0 unspecified atom stereocenters. The standard InChI is InChI=1S/C10H19N3.C7H14FN.C7H12N2.C6H13NO2S.C6H13NO.C6H11NO.C5H13NO2S.C3H8O/c1-10(2)13-8-6-12(7-9-13)5-3-4-11;1-6(2)9-4-3-7(8)5-9;1-6(2)9-7(5-8)3-4-7;1-6(2)7-4-3-5-10(7,8)9;1-5(2)7-3-6(8)4-7;1-6(2)8-5-3-4-7;1-5(2)6(3)9(4,7)8;1-3(2)4/h10H,3,5-9H2,1-2H3;6-7H,3-5H2,1-2H3;6,9H,3-4H2,1-2H3;6H,3-5H2,1-2H3;5-6,8H,3-4H2,1-2H3;6H,3,5H2,1-2H3;5H,1-4H3;3-4H,1-2H3/t;7-;;;;;;/m.0....../s1. The molecule has 1 saturated carbocycles. The number of nitrogens with zero attached hydrogens (tertiary/aromatic N) is 9. The van der Waals surface area contributed by atoms with Crippen molar-refractivity contribution in [2.45, 2.75) is 216 Å². The van der Waals surface area contributed by atoms with E-state index in [0.29, 0.717) is 62.5 Å². The minimum absolute atomic E-state index is 0.0441. The van der Waals surface area contributed by atoms with Gasteiger partial charge in [-0.25, -0.2) is 25.5 Å². The molecule has 3 N–H and O–H groups in total. The molecule has 0 amide bonds. The van der Waals surface area contributed by atoms with Crippen LogP contribution in [0.4, 0.5) is 4.39 Å². The number of nitriles is 3. The maximum atomic E-state index is 12.5. The van der Waals surface area contributed by atoms with Crippen LogP contribution >= 0.6 is 0 Å². The zero-order valence-electron chi connectivity index (χ0n) is 47.2. The number of hydrogen-bond acceptors (Lipinski definition) is 15. The molecule has 5 fully saturated rings. The Morgan fingerprint density at radius 1 is 0.757 bits per heavy atom. The quantitative estimate of drug-likeness (QED) is 0.183. The number of hydrogen-bond donors (Lipinski definition) is 3. The number of aliphatic hydroxyl groups is 2. The number of sulfonamides is 2. The van der Waals surface area contributed by atoms with E-state index in [0.717, 1.165) is 78.0 Å². The molecule has 0 radical (unpaired) electrons. The Morgan fingerprint density at radius 3 is 1.46 bits per heavy atom. The Kier molecular flexibility index (Phi) is 39.7. The average molecular weight is 1040 g/mol. The lowest BCUT2D eigenvalue weighted by Crippen LogP contribution is -2.53. The van der Waals surface area contributed by atoms with Crippen LogP contribution in [0.5, 0.6) is 0 Å². The van der Waals surface area contributed by atoms with E-state index in [1.165, 1.54) is 10.6 Å². The van der Waals surface area contributed by atoms with Gasteiger partial charge < -0.3 is 14.9 Å². The van der Waals surface area contributed by atoms with Crippen molar-refractivity contribution in [1.29, 1.82) is 15.8 Å². The lowest BCUT2D eigenvalue weighted by atomic mass is 10.1. The zero-order valence-corrected chi connectivity index (χ0v) is 48.8. The molecule has 4 saturated heterocycles. The molecule has 17 nitrogen and oxygen atoms in total. The van der Waals surface area contributed by atoms with Crippen LogP contribution < -0.4 is 5.32 Å². The Balaban J connectivity index is -0.000000743. The summed E-state index contributed by atoms with van der Waals surface area (Å²) in [6, 6.07) is 8.88. The second kappa shape index (κ2) is 38.5. The predicted octanol–water partition coefficient (Wildman–Crippen LogP) is 5.91. The average Bonchev–Trinajstić information content (AvgIpc) is 3.69. The molecule has 20 heteroatoms. The van der Waals surface area contributed by atoms with Crippen LogP contribution in [-0.4, -0.2) is 213 Å². The summed E-state index contributed by atoms with van der Waals surface area (Å²) in [6.07, 6.45) is 5.43. The molecule has 1 atom stereocenters. The Bertz CT molecular complexity index is 1660. The van der Waals surface area contributed by atoms with Crippen LogP contribution in [-0.2, 0) is 24.8 Å². The minimum atomic E-state index is -2.97. The molecule has 5 aliphatic rings. The third kappa shape index (κ3) is 37.6. The Hall–Kier alpha value is -2.10. The SMILES string of the molecule is CC(C)N(C)S(C)(=O)=O.CC(C)N1CC(O)C1.CC(C)N1CCCS1(=O)=O.CC(C)N1CCN(CCC#N)CC1.CC(C)N1CC[C@H](F)C1.CC(C)NC1(C#N)CC1.CC(C)O.CC(C)OCCC#N. The summed E-state index contributed by atoms with van der Waals surface area (Å²) in [7, 11) is -4.25. The van der Waals surface area contributed by atoms with Crippen LogP contribution in [0.3, 0.4) is 0 Å². The van der Waals surface area contributed by atoms with Crippen molar-refractivity contribution in [3.63, 3.8) is 0 Å². The topological polar surface area (TPSA) is 221 Å². The van der Waals surface area contributed by atoms with Gasteiger partial charge in [0.05, 0.1) is 55.5 Å². The lowest BCUT2D eigenvalue weighted by Gasteiger charge is -2.38. The van der Waals surface area contributed by atoms with Crippen LogP contribution in [0.25, 0.3) is 0 Å². The van der Waals surface area contributed by atoms with Gasteiger partial charge in [0.25, 0.3) is 0 Å². The number of β-amino-alcohol motifs (C(OH)–C–C–N with tert-alkyl or cyclic N) is 1. The van der Waals surface area contributed by atoms with Gasteiger partial charge in [-0.15, -0.1) is 0 Å². The molecule has 0 aromatic rings. The largest absolute Gasteiger partial charge is 0.394 e. The Labute approximate surface area is 428 Å². The molecule has 0 spiro atoms. The summed E-state index contributed by atoms with van der Waals surface area (Å²) in [4.78, 5) is 9.28. The van der Waals surface area contributed by atoms with E-state index in [-0.39, 0.29) is 35.9 Å². The minimum Gasteiger partial charge on any atom is -0.394 e. The third-order valence-electron chi connectivity index (χ3n) is 11.3. The van der Waals surface area contributed by atoms with Gasteiger partial charge >= 0.3 is 0 Å². The fourth-order valence-electron chi connectivity index (χ4n) is 6.76. The highest BCUT2D eigenvalue weighted by Gasteiger charge is 2.43. The van der Waals surface area contributed by atoms with Crippen molar-refractivity contribution in [1.82, 2.24) is 33.5 Å². The molecule has 4 aliphatic heterocycles. The monoisotopic (exact) mass is 1040 g/mol. The van der Waals surface area contributed by atoms with Crippen molar-refractivity contribution in [3.05, 3.63) is 0 Å². The number of aliphatic hydroxyl groups excluding tert-OH is 2. The van der Waals surface area contributed by atoms with E-state index in [2.05, 4.69) is 92.4 Å². The summed E-state index contributed by atoms with van der Waals surface area (Å²) in [5.41, 5.74) is -0.131. The normalized spacial score (nSPS) is 20.1. The lowest BCUT2D eigenvalue weighted by molar-refractivity contribution is -0.0161. The first-order chi connectivity index (χ1) is 32.2. The number of likely N-dealkylation sites (tertiary alicyclic amines) is 2. The summed E-state index contributed by atoms with van der Waals surface area (Å²) in [6.45, 7) is 42.1. The van der Waals surface area contributed by atoms with E-state index in [9.17, 15) is 21.2 Å². The summed E-state index contributed by atoms with van der Waals surface area (Å²) >= 11 is 0. The first-order valence-electron chi connectivity index (χ1n) is 25.6. The number of rotatable bonds is 13. The van der Waals surface area contributed by atoms with Crippen molar-refractivity contribution in [2.75, 3.05) is 91.1 Å². The van der Waals surface area contributed by atoms with E-state index < -0.39 is 26.2 Å². The van der Waals surface area contributed by atoms with Gasteiger partial charge in [0, 0.05) is 121 Å². The fraction of sp³-hybridized carbons (Fsp3) is 0.940. The first-order valence-corrected chi connectivity index (χ1v) is 29.1. The van der Waals surface area contributed by atoms with Gasteiger partial charge in [0.2, 0.25) is 20.0 Å². The van der Waals surface area contributed by atoms with E-state index >= 15 is 0 Å². The highest BCUT2D eigenvalue weighted by molar-refractivity contribution is 7.89. The number of nitrogens with one attached hydrogen (secondary N) is 1. The van der Waals surface area contributed by atoms with Gasteiger partial charge in [-0.1, -0.05) is 0 Å². The molecular formula is C50H103FN10O7S2. The predicted molar refractivity (Wildman–Crippen MR) is 285 cm³/mol. The number of alkyl halides is 1. The van der Waals surface area contributed by atoms with Gasteiger partial charge in [-0.3, -0.25) is 24.9 Å². The summed E-state index contributed by atoms with van der Waals surface area (Å²) in [5.74, 6) is 0.338. The van der Waals surface area contributed by atoms with E-state index in [4.69, 9.17) is 30.7 Å². The number of piperazine rings is 1. The fourth-order valence-corrected chi connectivity index (χ4v) is 9.30. The highest BCUT2D eigenvalue weighted by Crippen LogP contribution is 2.34. The zero-order chi connectivity index (χ0) is 55.0. The summed E-state index contributed by atoms with van der Waals surface area (Å²) in [5, 5.41) is 45.2. The van der Waals surface area contributed by atoms with E-state index in [1.807, 2.05) is 47.6 Å².